The van der Waals surface area contributed by atoms with Gasteiger partial charge in [-0.05, 0) is 30.7 Å². The van der Waals surface area contributed by atoms with Crippen LogP contribution in [0.1, 0.15) is 6.42 Å². The van der Waals surface area contributed by atoms with E-state index in [1.54, 1.807) is 24.3 Å². The van der Waals surface area contributed by atoms with Gasteiger partial charge in [0.15, 0.2) is 0 Å². The maximum atomic E-state index is 10.5. The average Bonchev–Trinajstić information content (AvgIpc) is 2.55. The van der Waals surface area contributed by atoms with Crippen LogP contribution in [0.5, 0.6) is 0 Å². The van der Waals surface area contributed by atoms with Crippen molar-refractivity contribution in [3.8, 4) is 0 Å². The summed E-state index contributed by atoms with van der Waals surface area (Å²) in [6, 6.07) is 12.5. The molecule has 2 aromatic rings. The van der Waals surface area contributed by atoms with E-state index < -0.39 is 9.85 Å². The second-order valence-electron chi connectivity index (χ2n) is 4.82. The fourth-order valence-corrected chi connectivity index (χ4v) is 1.96. The van der Waals surface area contributed by atoms with Crippen molar-refractivity contribution in [3.05, 3.63) is 68.8 Å². The Bertz CT molecular complexity index is 611. The molecule has 0 aromatic heterocycles. The number of benzene rings is 2. The predicted molar refractivity (Wildman–Crippen MR) is 87.8 cm³/mol. The summed E-state index contributed by atoms with van der Waals surface area (Å²) in [7, 11) is 0. The summed E-state index contributed by atoms with van der Waals surface area (Å²) < 4.78 is 0. The number of hydrogen-bond acceptors (Lipinski definition) is 6. The largest absolute Gasteiger partial charge is 0.385 e. The minimum absolute atomic E-state index is 0.0652. The van der Waals surface area contributed by atoms with Gasteiger partial charge in [0.25, 0.3) is 11.4 Å². The zero-order valence-electron chi connectivity index (χ0n) is 12.3. The number of anilines is 2. The van der Waals surface area contributed by atoms with Gasteiger partial charge in [-0.15, -0.1) is 0 Å². The molecule has 0 bridgehead atoms. The third kappa shape index (κ3) is 4.95. The SMILES string of the molecule is O=[N+]([O-])c1ccc(NCCCNc2ccc([N+](=O)[O-])cc2)cc1. The standard InChI is InChI=1S/C15H16N4O4/c20-18(21)14-6-2-12(3-7-14)16-10-1-11-17-13-4-8-15(9-5-13)19(22)23/h2-9,16-17H,1,10-11H2. The summed E-state index contributed by atoms with van der Waals surface area (Å²) in [4.78, 5) is 20.2. The molecule has 0 radical (unpaired) electrons. The summed E-state index contributed by atoms with van der Waals surface area (Å²) in [6.45, 7) is 1.41. The molecule has 23 heavy (non-hydrogen) atoms. The van der Waals surface area contributed by atoms with Gasteiger partial charge < -0.3 is 10.6 Å². The van der Waals surface area contributed by atoms with E-state index in [2.05, 4.69) is 10.6 Å². The lowest BCUT2D eigenvalue weighted by molar-refractivity contribution is -0.385. The topological polar surface area (TPSA) is 110 Å². The van der Waals surface area contributed by atoms with Crippen LogP contribution in [0.3, 0.4) is 0 Å². The molecule has 0 aliphatic rings. The summed E-state index contributed by atoms with van der Waals surface area (Å²) in [5.74, 6) is 0. The quantitative estimate of drug-likeness (QED) is 0.438. The summed E-state index contributed by atoms with van der Waals surface area (Å²) >= 11 is 0. The Morgan fingerprint density at radius 3 is 1.35 bits per heavy atom. The van der Waals surface area contributed by atoms with Crippen LogP contribution < -0.4 is 10.6 Å². The fourth-order valence-electron chi connectivity index (χ4n) is 1.96. The van der Waals surface area contributed by atoms with Gasteiger partial charge in [0.2, 0.25) is 0 Å². The monoisotopic (exact) mass is 316 g/mol. The van der Waals surface area contributed by atoms with Crippen molar-refractivity contribution in [2.45, 2.75) is 6.42 Å². The van der Waals surface area contributed by atoms with Crippen LogP contribution in [0.4, 0.5) is 22.7 Å². The van der Waals surface area contributed by atoms with Crippen molar-refractivity contribution in [2.24, 2.45) is 0 Å². The van der Waals surface area contributed by atoms with Gasteiger partial charge >= 0.3 is 0 Å². The molecule has 0 fully saturated rings. The molecule has 2 rings (SSSR count). The van der Waals surface area contributed by atoms with Crippen LogP contribution in [-0.4, -0.2) is 22.9 Å². The normalized spacial score (nSPS) is 10.1. The third-order valence-electron chi connectivity index (χ3n) is 3.17. The maximum Gasteiger partial charge on any atom is 0.269 e. The van der Waals surface area contributed by atoms with E-state index in [-0.39, 0.29) is 11.4 Å². The highest BCUT2D eigenvalue weighted by molar-refractivity contribution is 5.49. The number of hydrogen-bond donors (Lipinski definition) is 2. The van der Waals surface area contributed by atoms with Crippen LogP contribution >= 0.6 is 0 Å². The molecule has 0 aliphatic carbocycles. The first-order valence-electron chi connectivity index (χ1n) is 7.03. The van der Waals surface area contributed by atoms with Crippen LogP contribution in [0, 0.1) is 20.2 Å². The molecule has 2 aromatic carbocycles. The summed E-state index contributed by atoms with van der Waals surface area (Å²) in [5.41, 5.74) is 1.78. The number of nitrogens with zero attached hydrogens (tertiary/aromatic N) is 2. The Hall–Kier alpha value is -3.16. The zero-order chi connectivity index (χ0) is 16.7. The molecule has 0 saturated heterocycles. The molecule has 0 amide bonds. The lowest BCUT2D eigenvalue weighted by Gasteiger charge is -2.08. The van der Waals surface area contributed by atoms with Gasteiger partial charge in [-0.1, -0.05) is 0 Å². The van der Waals surface area contributed by atoms with Crippen LogP contribution in [-0.2, 0) is 0 Å². The minimum Gasteiger partial charge on any atom is -0.385 e. The smallest absolute Gasteiger partial charge is 0.269 e. The molecule has 120 valence electrons. The van der Waals surface area contributed by atoms with Gasteiger partial charge in [0, 0.05) is 48.7 Å². The van der Waals surface area contributed by atoms with Crippen molar-refractivity contribution in [1.29, 1.82) is 0 Å². The minimum atomic E-state index is -0.433. The Morgan fingerprint density at radius 1 is 0.696 bits per heavy atom. The highest BCUT2D eigenvalue weighted by Crippen LogP contribution is 2.16. The number of nitro groups is 2. The van der Waals surface area contributed by atoms with E-state index in [0.717, 1.165) is 17.8 Å². The highest BCUT2D eigenvalue weighted by atomic mass is 16.6. The Kier molecular flexibility index (Phi) is 5.45. The fraction of sp³-hybridized carbons (Fsp3) is 0.200. The Morgan fingerprint density at radius 2 is 1.04 bits per heavy atom. The maximum absolute atomic E-state index is 10.5. The Labute approximate surface area is 132 Å². The predicted octanol–water partition coefficient (Wildman–Crippen LogP) is 3.42. The Balaban J connectivity index is 1.69. The molecule has 0 saturated carbocycles. The second-order valence-corrected chi connectivity index (χ2v) is 4.82. The first-order valence-corrected chi connectivity index (χ1v) is 7.03. The molecule has 0 atom stereocenters. The van der Waals surface area contributed by atoms with E-state index in [1.165, 1.54) is 24.3 Å². The number of nitrogens with one attached hydrogen (secondary N) is 2. The molecule has 0 unspecified atom stereocenters. The van der Waals surface area contributed by atoms with Crippen molar-refractivity contribution in [3.63, 3.8) is 0 Å². The van der Waals surface area contributed by atoms with Crippen LogP contribution in [0.2, 0.25) is 0 Å². The summed E-state index contributed by atoms with van der Waals surface area (Å²) in [5, 5.41) is 27.4. The van der Waals surface area contributed by atoms with Crippen LogP contribution in [0.15, 0.2) is 48.5 Å². The van der Waals surface area contributed by atoms with E-state index in [1.807, 2.05) is 0 Å². The highest BCUT2D eigenvalue weighted by Gasteiger charge is 2.04. The molecule has 2 N–H and O–H groups in total. The van der Waals surface area contributed by atoms with E-state index in [9.17, 15) is 20.2 Å². The second kappa shape index (κ2) is 7.74. The molecular formula is C15H16N4O4. The van der Waals surface area contributed by atoms with Crippen molar-refractivity contribution in [2.75, 3.05) is 23.7 Å². The lowest BCUT2D eigenvalue weighted by atomic mass is 10.2. The van der Waals surface area contributed by atoms with E-state index >= 15 is 0 Å². The average molecular weight is 316 g/mol. The number of non-ortho nitro benzene ring substituents is 2. The molecule has 0 aliphatic heterocycles. The molecule has 0 spiro atoms. The van der Waals surface area contributed by atoms with Crippen molar-refractivity contribution < 1.29 is 9.85 Å². The number of nitro benzene ring substituents is 2. The lowest BCUT2D eigenvalue weighted by Crippen LogP contribution is -2.09. The van der Waals surface area contributed by atoms with Gasteiger partial charge in [-0.2, -0.15) is 0 Å². The molecule has 8 nitrogen and oxygen atoms in total. The molecule has 0 heterocycles. The first kappa shape index (κ1) is 16.2. The molecular weight excluding hydrogens is 300 g/mol. The third-order valence-corrected chi connectivity index (χ3v) is 3.17. The van der Waals surface area contributed by atoms with E-state index in [4.69, 9.17) is 0 Å². The summed E-state index contributed by atoms with van der Waals surface area (Å²) in [6.07, 6.45) is 0.827. The van der Waals surface area contributed by atoms with Gasteiger partial charge in [-0.25, -0.2) is 0 Å². The van der Waals surface area contributed by atoms with Gasteiger partial charge in [-0.3, -0.25) is 20.2 Å². The van der Waals surface area contributed by atoms with Crippen molar-refractivity contribution >= 4 is 22.7 Å². The van der Waals surface area contributed by atoms with Gasteiger partial charge in [0.1, 0.15) is 0 Å². The number of rotatable bonds is 8. The van der Waals surface area contributed by atoms with E-state index in [0.29, 0.717) is 13.1 Å². The van der Waals surface area contributed by atoms with Crippen LogP contribution in [0.25, 0.3) is 0 Å². The zero-order valence-corrected chi connectivity index (χ0v) is 12.3. The molecule has 8 heteroatoms. The first-order chi connectivity index (χ1) is 11.1. The van der Waals surface area contributed by atoms with Crippen molar-refractivity contribution in [1.82, 2.24) is 0 Å². The van der Waals surface area contributed by atoms with Gasteiger partial charge in [0.05, 0.1) is 9.85 Å².